The average molecular weight is 316 g/mol. The normalized spacial score (nSPS) is 10.2. The van der Waals surface area contributed by atoms with Crippen molar-refractivity contribution < 1.29 is 14.4 Å². The third-order valence-corrected chi connectivity index (χ3v) is 2.69. The summed E-state index contributed by atoms with van der Waals surface area (Å²) in [6, 6.07) is 4.09. The summed E-state index contributed by atoms with van der Waals surface area (Å²) in [4.78, 5) is 17.8. The molecule has 0 saturated heterocycles. The molecule has 9 heteroatoms. The molecule has 7 nitrogen and oxygen atoms in total. The number of hydrogen-bond acceptors (Lipinski definition) is 6. The number of hydrogen-bond donors (Lipinski definition) is 0. The van der Waals surface area contributed by atoms with Gasteiger partial charge in [0.15, 0.2) is 5.75 Å². The number of aromatic nitrogens is 2. The number of nitro groups is 1. The maximum absolute atomic E-state index is 10.9. The molecular formula is C11H7Cl2N3O4. The van der Waals surface area contributed by atoms with Crippen molar-refractivity contribution in [2.24, 2.45) is 0 Å². The van der Waals surface area contributed by atoms with Crippen LogP contribution in [0.2, 0.25) is 10.3 Å². The van der Waals surface area contributed by atoms with Crippen LogP contribution < -0.4 is 9.47 Å². The van der Waals surface area contributed by atoms with Crippen LogP contribution in [0, 0.1) is 10.1 Å². The number of methoxy groups -OCH3 is 1. The van der Waals surface area contributed by atoms with E-state index >= 15 is 0 Å². The van der Waals surface area contributed by atoms with E-state index in [1.54, 1.807) is 0 Å². The Morgan fingerprint density at radius 1 is 1.35 bits per heavy atom. The van der Waals surface area contributed by atoms with E-state index in [0.29, 0.717) is 0 Å². The lowest BCUT2D eigenvalue weighted by Crippen LogP contribution is -1.96. The zero-order valence-corrected chi connectivity index (χ0v) is 11.6. The van der Waals surface area contributed by atoms with Crippen LogP contribution in [0.5, 0.6) is 17.4 Å². The van der Waals surface area contributed by atoms with E-state index in [2.05, 4.69) is 9.97 Å². The van der Waals surface area contributed by atoms with Crippen molar-refractivity contribution in [3.05, 3.63) is 44.8 Å². The number of ether oxygens (including phenoxy) is 2. The van der Waals surface area contributed by atoms with Crippen molar-refractivity contribution in [3.63, 3.8) is 0 Å². The van der Waals surface area contributed by atoms with Crippen LogP contribution in [0.4, 0.5) is 5.69 Å². The Hall–Kier alpha value is -2.12. The van der Waals surface area contributed by atoms with Gasteiger partial charge in [-0.25, -0.2) is 4.98 Å². The van der Waals surface area contributed by atoms with Gasteiger partial charge in [0.05, 0.1) is 24.3 Å². The third kappa shape index (κ3) is 3.06. The van der Waals surface area contributed by atoms with E-state index < -0.39 is 4.92 Å². The zero-order valence-electron chi connectivity index (χ0n) is 10.0. The molecular weight excluding hydrogens is 309 g/mol. The fourth-order valence-corrected chi connectivity index (χ4v) is 1.65. The summed E-state index contributed by atoms with van der Waals surface area (Å²) >= 11 is 11.5. The molecule has 2 aromatic rings. The van der Waals surface area contributed by atoms with Crippen LogP contribution in [-0.4, -0.2) is 22.0 Å². The fourth-order valence-electron chi connectivity index (χ4n) is 1.39. The Bertz CT molecular complexity index is 666. The Kier molecular flexibility index (Phi) is 4.21. The molecule has 0 bridgehead atoms. The first-order chi connectivity index (χ1) is 9.51. The zero-order chi connectivity index (χ0) is 14.7. The van der Waals surface area contributed by atoms with Crippen LogP contribution >= 0.6 is 23.2 Å². The maximum atomic E-state index is 10.9. The maximum Gasteiger partial charge on any atom is 0.314 e. The molecule has 1 heterocycles. The highest BCUT2D eigenvalue weighted by atomic mass is 35.5. The minimum atomic E-state index is -0.583. The topological polar surface area (TPSA) is 87.4 Å². The molecule has 0 aliphatic rings. The van der Waals surface area contributed by atoms with Gasteiger partial charge in [-0.05, 0) is 23.7 Å². The van der Waals surface area contributed by atoms with Crippen LogP contribution in [0.25, 0.3) is 0 Å². The quantitative estimate of drug-likeness (QED) is 0.487. The van der Waals surface area contributed by atoms with Gasteiger partial charge >= 0.3 is 5.69 Å². The third-order valence-electron chi connectivity index (χ3n) is 2.24. The molecule has 2 rings (SSSR count). The molecule has 1 aromatic heterocycles. The number of nitrogens with zero attached hydrogens (tertiary/aromatic N) is 3. The van der Waals surface area contributed by atoms with E-state index in [9.17, 15) is 10.1 Å². The van der Waals surface area contributed by atoms with Crippen molar-refractivity contribution in [2.45, 2.75) is 0 Å². The standard InChI is InChI=1S/C11H7Cl2N3O4/c1-19-9-3-2-6(4-8(9)16(17)18)20-10-7(12)5-14-11(13)15-10/h2-5H,1H3. The average Bonchev–Trinajstić information content (AvgIpc) is 2.42. The van der Waals surface area contributed by atoms with Gasteiger partial charge in [0.1, 0.15) is 10.8 Å². The SMILES string of the molecule is COc1ccc(Oc2nc(Cl)ncc2Cl)cc1[N+](=O)[O-]. The highest BCUT2D eigenvalue weighted by Crippen LogP contribution is 2.34. The predicted molar refractivity (Wildman–Crippen MR) is 71.8 cm³/mol. The molecule has 0 fully saturated rings. The molecule has 0 unspecified atom stereocenters. The van der Waals surface area contributed by atoms with Gasteiger partial charge in [-0.15, -0.1) is 0 Å². The van der Waals surface area contributed by atoms with Crippen molar-refractivity contribution in [2.75, 3.05) is 7.11 Å². The Morgan fingerprint density at radius 2 is 2.10 bits per heavy atom. The molecule has 0 N–H and O–H groups in total. The lowest BCUT2D eigenvalue weighted by Gasteiger charge is -2.07. The smallest absolute Gasteiger partial charge is 0.314 e. The molecule has 104 valence electrons. The van der Waals surface area contributed by atoms with Crippen LogP contribution in [-0.2, 0) is 0 Å². The van der Waals surface area contributed by atoms with Crippen molar-refractivity contribution >= 4 is 28.9 Å². The van der Waals surface area contributed by atoms with E-state index in [4.69, 9.17) is 32.7 Å². The van der Waals surface area contributed by atoms with Gasteiger partial charge in [-0.1, -0.05) is 11.6 Å². The van der Waals surface area contributed by atoms with E-state index in [1.165, 1.54) is 31.5 Å². The van der Waals surface area contributed by atoms with Gasteiger partial charge in [0, 0.05) is 0 Å². The first-order valence-corrected chi connectivity index (χ1v) is 5.95. The largest absolute Gasteiger partial charge is 0.490 e. The summed E-state index contributed by atoms with van der Waals surface area (Å²) in [7, 11) is 1.34. The highest BCUT2D eigenvalue weighted by Gasteiger charge is 2.17. The summed E-state index contributed by atoms with van der Waals surface area (Å²) < 4.78 is 10.2. The molecule has 1 aromatic carbocycles. The molecule has 0 atom stereocenters. The summed E-state index contributed by atoms with van der Waals surface area (Å²) in [6.45, 7) is 0. The Morgan fingerprint density at radius 3 is 2.75 bits per heavy atom. The predicted octanol–water partition coefficient (Wildman–Crippen LogP) is 3.49. The minimum absolute atomic E-state index is 0.00568. The fraction of sp³-hybridized carbons (Fsp3) is 0.0909. The van der Waals surface area contributed by atoms with E-state index in [0.717, 1.165) is 0 Å². The van der Waals surface area contributed by atoms with Crippen molar-refractivity contribution in [3.8, 4) is 17.4 Å². The van der Waals surface area contributed by atoms with Gasteiger partial charge < -0.3 is 9.47 Å². The highest BCUT2D eigenvalue weighted by molar-refractivity contribution is 6.32. The van der Waals surface area contributed by atoms with Crippen molar-refractivity contribution in [1.29, 1.82) is 0 Å². The van der Waals surface area contributed by atoms with Crippen LogP contribution in [0.3, 0.4) is 0 Å². The van der Waals surface area contributed by atoms with Gasteiger partial charge in [0.25, 0.3) is 0 Å². The Balaban J connectivity index is 2.37. The van der Waals surface area contributed by atoms with E-state index in [1.807, 2.05) is 0 Å². The molecule has 0 spiro atoms. The van der Waals surface area contributed by atoms with Gasteiger partial charge in [-0.3, -0.25) is 10.1 Å². The molecule has 0 aliphatic carbocycles. The number of halogens is 2. The Labute approximate surface area is 123 Å². The van der Waals surface area contributed by atoms with E-state index in [-0.39, 0.29) is 33.4 Å². The van der Waals surface area contributed by atoms with Gasteiger partial charge in [-0.2, -0.15) is 4.98 Å². The van der Waals surface area contributed by atoms with Crippen molar-refractivity contribution in [1.82, 2.24) is 9.97 Å². The van der Waals surface area contributed by atoms with Crippen LogP contribution in [0.15, 0.2) is 24.4 Å². The lowest BCUT2D eigenvalue weighted by atomic mass is 10.3. The van der Waals surface area contributed by atoms with Crippen LogP contribution in [0.1, 0.15) is 0 Å². The monoisotopic (exact) mass is 315 g/mol. The summed E-state index contributed by atoms with van der Waals surface area (Å²) in [6.07, 6.45) is 1.27. The second-order valence-electron chi connectivity index (χ2n) is 3.48. The number of rotatable bonds is 4. The second-order valence-corrected chi connectivity index (χ2v) is 4.23. The summed E-state index contributed by atoms with van der Waals surface area (Å²) in [5, 5.41) is 11.0. The molecule has 20 heavy (non-hydrogen) atoms. The minimum Gasteiger partial charge on any atom is -0.490 e. The molecule has 0 amide bonds. The first kappa shape index (κ1) is 14.3. The second kappa shape index (κ2) is 5.89. The number of benzene rings is 1. The molecule has 0 saturated carbocycles. The molecule has 0 radical (unpaired) electrons. The number of nitro benzene ring substituents is 1. The summed E-state index contributed by atoms with van der Waals surface area (Å²) in [5.74, 6) is 0.300. The molecule has 0 aliphatic heterocycles. The summed E-state index contributed by atoms with van der Waals surface area (Å²) in [5.41, 5.74) is -0.235. The lowest BCUT2D eigenvalue weighted by molar-refractivity contribution is -0.385. The van der Waals surface area contributed by atoms with Gasteiger partial charge in [0.2, 0.25) is 11.2 Å². The first-order valence-electron chi connectivity index (χ1n) is 5.19.